The van der Waals surface area contributed by atoms with Gasteiger partial charge in [-0.25, -0.2) is 0 Å². The normalized spacial score (nSPS) is 28.9. The van der Waals surface area contributed by atoms with Gasteiger partial charge in [0.15, 0.2) is 5.75 Å². The first-order valence-corrected chi connectivity index (χ1v) is 21.3. The van der Waals surface area contributed by atoms with Crippen LogP contribution in [-0.4, -0.2) is 0 Å². The molecule has 2 nitrogen and oxygen atoms in total. The Bertz CT molecular complexity index is 2550. The molecule has 0 radical (unpaired) electrons. The van der Waals surface area contributed by atoms with Crippen molar-refractivity contribution < 1.29 is 4.74 Å². The average Bonchev–Trinajstić information content (AvgIpc) is 3.76. The zero-order valence-electron chi connectivity index (χ0n) is 33.2. The lowest BCUT2D eigenvalue weighted by Gasteiger charge is -2.77. The molecule has 4 saturated carbocycles. The predicted molar refractivity (Wildman–Crippen MR) is 229 cm³/mol. The van der Waals surface area contributed by atoms with Gasteiger partial charge < -0.3 is 9.64 Å². The van der Waals surface area contributed by atoms with Crippen LogP contribution in [0.3, 0.4) is 0 Å². The molecule has 6 unspecified atom stereocenters. The Balaban J connectivity index is 1.10. The minimum absolute atomic E-state index is 0.0277. The highest BCUT2D eigenvalue weighted by atomic mass is 16.5. The molecule has 2 heteroatoms. The molecule has 278 valence electrons. The number of anilines is 3. The van der Waals surface area contributed by atoms with E-state index in [1.54, 1.807) is 0 Å². The summed E-state index contributed by atoms with van der Waals surface area (Å²) in [7, 11) is 0. The fraction of sp³-hybridized carbons (Fsp3) is 0.333. The maximum Gasteiger partial charge on any atom is 0.155 e. The van der Waals surface area contributed by atoms with E-state index in [-0.39, 0.29) is 16.2 Å². The molecule has 1 heterocycles. The third-order valence-electron chi connectivity index (χ3n) is 16.3. The highest BCUT2D eigenvalue weighted by molar-refractivity contribution is 5.86. The Labute approximate surface area is 332 Å². The van der Waals surface area contributed by atoms with Gasteiger partial charge in [-0.1, -0.05) is 137 Å². The molecule has 12 rings (SSSR count). The highest BCUT2D eigenvalue weighted by Gasteiger charge is 2.84. The summed E-state index contributed by atoms with van der Waals surface area (Å²) in [4.78, 5) is 2.52. The summed E-state index contributed by atoms with van der Waals surface area (Å²) in [6.07, 6.45) is 7.99. The smallest absolute Gasteiger partial charge is 0.155 e. The Hall–Kier alpha value is -5.08. The van der Waals surface area contributed by atoms with E-state index in [0.29, 0.717) is 17.3 Å². The molecule has 6 aromatic rings. The Morgan fingerprint density at radius 3 is 1.88 bits per heavy atom. The van der Waals surface area contributed by atoms with E-state index >= 15 is 0 Å². The van der Waals surface area contributed by atoms with Gasteiger partial charge in [0.2, 0.25) is 0 Å². The lowest BCUT2D eigenvalue weighted by molar-refractivity contribution is -0.235. The standard InChI is InChI=1S/C54H51NO/c1-51(2)27-28-52(3,4)45-32-40(25-26-42(45)51)55(39-23-21-36(22-24-39)35-13-7-5-8-14-35)46-20-12-19-44-50(46)56-49-41(37-15-9-6-10-16-37)17-11-18-43(49)54(44)47-30-34-29-38-31-48(54)53(38,47)33-34/h5-26,32,34,38,47-48H,27-31,33H2,1-4H3. The van der Waals surface area contributed by atoms with Crippen molar-refractivity contribution in [1.29, 1.82) is 0 Å². The van der Waals surface area contributed by atoms with Crippen LogP contribution in [0.25, 0.3) is 22.3 Å². The van der Waals surface area contributed by atoms with E-state index in [0.717, 1.165) is 34.7 Å². The summed E-state index contributed by atoms with van der Waals surface area (Å²) in [5.74, 6) is 5.27. The first-order valence-electron chi connectivity index (χ1n) is 21.3. The monoisotopic (exact) mass is 729 g/mol. The van der Waals surface area contributed by atoms with Crippen molar-refractivity contribution in [2.75, 3.05) is 4.90 Å². The Kier molecular flexibility index (Phi) is 6.67. The molecule has 6 atom stereocenters. The highest BCUT2D eigenvalue weighted by Crippen LogP contribution is 2.89. The Morgan fingerprint density at radius 2 is 1.14 bits per heavy atom. The maximum absolute atomic E-state index is 7.58. The van der Waals surface area contributed by atoms with E-state index in [4.69, 9.17) is 4.74 Å². The van der Waals surface area contributed by atoms with Crippen molar-refractivity contribution >= 4 is 17.1 Å². The first-order chi connectivity index (χ1) is 27.2. The van der Waals surface area contributed by atoms with E-state index in [1.807, 2.05) is 0 Å². The SMILES string of the molecule is CC1(C)CCC(C)(C)c2cc(N(c3ccc(-c4ccccc4)cc3)c3cccc4c3Oc3c(-c5ccccc5)cccc3C43C4CC5CC6CC3C64C5)ccc21. The average molecular weight is 730 g/mol. The summed E-state index contributed by atoms with van der Waals surface area (Å²) in [6.45, 7) is 9.73. The molecule has 1 aliphatic heterocycles. The molecule has 6 aromatic carbocycles. The van der Waals surface area contributed by atoms with Gasteiger partial charge >= 0.3 is 0 Å². The zero-order valence-corrected chi connectivity index (χ0v) is 33.2. The molecule has 0 aromatic heterocycles. The van der Waals surface area contributed by atoms with Crippen molar-refractivity contribution in [3.8, 4) is 33.8 Å². The van der Waals surface area contributed by atoms with Gasteiger partial charge in [-0.05, 0) is 137 Å². The van der Waals surface area contributed by atoms with Crippen LogP contribution in [0, 0.1) is 29.1 Å². The van der Waals surface area contributed by atoms with Crippen LogP contribution >= 0.6 is 0 Å². The van der Waals surface area contributed by atoms with Crippen LogP contribution in [-0.2, 0) is 16.2 Å². The molecular weight excluding hydrogens is 679 g/mol. The first kappa shape index (κ1) is 33.1. The summed E-state index contributed by atoms with van der Waals surface area (Å²) in [6, 6.07) is 52.5. The molecule has 0 amide bonds. The van der Waals surface area contributed by atoms with Crippen molar-refractivity contribution in [3.63, 3.8) is 0 Å². The fourth-order valence-corrected chi connectivity index (χ4v) is 13.8. The van der Waals surface area contributed by atoms with Gasteiger partial charge in [0.05, 0.1) is 5.69 Å². The minimum atomic E-state index is -0.0277. The van der Waals surface area contributed by atoms with Crippen molar-refractivity contribution in [2.24, 2.45) is 29.1 Å². The third kappa shape index (κ3) is 4.18. The van der Waals surface area contributed by atoms with Gasteiger partial charge in [0.25, 0.3) is 0 Å². The van der Waals surface area contributed by atoms with Crippen LogP contribution in [0.2, 0.25) is 0 Å². The molecule has 4 fully saturated rings. The minimum Gasteiger partial charge on any atom is -0.454 e. The number of rotatable bonds is 5. The molecule has 0 N–H and O–H groups in total. The molecule has 2 spiro atoms. The predicted octanol–water partition coefficient (Wildman–Crippen LogP) is 14.3. The second-order valence-electron chi connectivity index (χ2n) is 19.6. The molecular formula is C54H51NO. The largest absolute Gasteiger partial charge is 0.454 e. The summed E-state index contributed by atoms with van der Waals surface area (Å²) in [5, 5.41) is 0. The molecule has 2 bridgehead atoms. The van der Waals surface area contributed by atoms with Gasteiger partial charge in [-0.3, -0.25) is 0 Å². The zero-order chi connectivity index (χ0) is 37.6. The second-order valence-corrected chi connectivity index (χ2v) is 19.6. The fourth-order valence-electron chi connectivity index (χ4n) is 13.8. The van der Waals surface area contributed by atoms with E-state index in [2.05, 4.69) is 172 Å². The van der Waals surface area contributed by atoms with Crippen LogP contribution in [0.15, 0.2) is 140 Å². The maximum atomic E-state index is 7.58. The summed E-state index contributed by atoms with van der Waals surface area (Å²) in [5.41, 5.74) is 14.9. The Morgan fingerprint density at radius 1 is 0.518 bits per heavy atom. The van der Waals surface area contributed by atoms with Gasteiger partial charge in [0.1, 0.15) is 5.75 Å². The van der Waals surface area contributed by atoms with Crippen molar-refractivity contribution in [3.05, 3.63) is 162 Å². The number of nitrogens with zero attached hydrogens (tertiary/aromatic N) is 1. The van der Waals surface area contributed by atoms with Crippen molar-refractivity contribution in [2.45, 2.75) is 82.5 Å². The van der Waals surface area contributed by atoms with Gasteiger partial charge in [0, 0.05) is 33.5 Å². The summed E-state index contributed by atoms with van der Waals surface area (Å²) < 4.78 is 7.58. The van der Waals surface area contributed by atoms with E-state index in [1.165, 1.54) is 88.7 Å². The summed E-state index contributed by atoms with van der Waals surface area (Å²) >= 11 is 0. The van der Waals surface area contributed by atoms with Gasteiger partial charge in [-0.2, -0.15) is 0 Å². The van der Waals surface area contributed by atoms with E-state index in [9.17, 15) is 0 Å². The lowest BCUT2D eigenvalue weighted by Crippen LogP contribution is -2.74. The van der Waals surface area contributed by atoms with Gasteiger partial charge in [-0.15, -0.1) is 0 Å². The number of hydrogen-bond acceptors (Lipinski definition) is 2. The molecule has 6 aliphatic rings. The van der Waals surface area contributed by atoms with Crippen LogP contribution < -0.4 is 9.64 Å². The number of ether oxygens (including phenoxy) is 1. The topological polar surface area (TPSA) is 12.5 Å². The van der Waals surface area contributed by atoms with Crippen LogP contribution in [0.5, 0.6) is 11.5 Å². The number of hydrogen-bond donors (Lipinski definition) is 0. The molecule has 5 aliphatic carbocycles. The quantitative estimate of drug-likeness (QED) is 0.175. The second kappa shape index (κ2) is 11.3. The number of benzene rings is 6. The van der Waals surface area contributed by atoms with E-state index < -0.39 is 0 Å². The van der Waals surface area contributed by atoms with Crippen LogP contribution in [0.4, 0.5) is 17.1 Å². The molecule has 56 heavy (non-hydrogen) atoms. The number of fused-ring (bicyclic) bond motifs is 8. The molecule has 0 saturated heterocycles. The lowest BCUT2D eigenvalue weighted by atomic mass is 9.26. The van der Waals surface area contributed by atoms with Crippen molar-refractivity contribution in [1.82, 2.24) is 0 Å². The number of para-hydroxylation sites is 2. The third-order valence-corrected chi connectivity index (χ3v) is 16.3. The van der Waals surface area contributed by atoms with Crippen LogP contribution in [0.1, 0.15) is 88.5 Å².